The highest BCUT2D eigenvalue weighted by Gasteiger charge is 2.22. The molecule has 0 amide bonds. The molecule has 0 radical (unpaired) electrons. The van der Waals surface area contributed by atoms with Crippen LogP contribution in [0.2, 0.25) is 0 Å². The van der Waals surface area contributed by atoms with Gasteiger partial charge in [-0.2, -0.15) is 0 Å². The summed E-state index contributed by atoms with van der Waals surface area (Å²) < 4.78 is 8.68. The van der Waals surface area contributed by atoms with Gasteiger partial charge < -0.3 is 13.9 Å². The van der Waals surface area contributed by atoms with Crippen molar-refractivity contribution in [1.82, 2.24) is 4.57 Å². The monoisotopic (exact) mass is 650 g/mol. The van der Waals surface area contributed by atoms with Gasteiger partial charge in [-0.15, -0.1) is 0 Å². The first kappa shape index (κ1) is 28.0. The molecule has 0 atom stereocenters. The number of anilines is 3. The minimum Gasteiger partial charge on any atom is -0.456 e. The van der Waals surface area contributed by atoms with Gasteiger partial charge in [-0.3, -0.25) is 0 Å². The van der Waals surface area contributed by atoms with Crippen molar-refractivity contribution in [2.24, 2.45) is 0 Å². The summed E-state index contributed by atoms with van der Waals surface area (Å²) in [5.74, 6) is 0. The van der Waals surface area contributed by atoms with Crippen molar-refractivity contribution in [2.75, 3.05) is 4.90 Å². The second-order valence-corrected chi connectivity index (χ2v) is 13.3. The third-order valence-electron chi connectivity index (χ3n) is 10.5. The van der Waals surface area contributed by atoms with Gasteiger partial charge in [0.25, 0.3) is 0 Å². The molecule has 0 saturated carbocycles. The van der Waals surface area contributed by atoms with E-state index >= 15 is 0 Å². The molecule has 0 unspecified atom stereocenters. The van der Waals surface area contributed by atoms with Crippen molar-refractivity contribution in [1.29, 1.82) is 0 Å². The SMILES string of the molecule is c1ccc(N(c2ccc3ccc4c5ccccc5ccc4c3c2)c2cccc3c4ccccc4n(-c4ccc5oc6ccccc6c5c4)c23)cc1. The first-order chi connectivity index (χ1) is 25.3. The first-order valence-electron chi connectivity index (χ1n) is 17.4. The Morgan fingerprint density at radius 2 is 1.04 bits per heavy atom. The smallest absolute Gasteiger partial charge is 0.135 e. The number of aromatic nitrogens is 1. The summed E-state index contributed by atoms with van der Waals surface area (Å²) in [5.41, 5.74) is 8.52. The van der Waals surface area contributed by atoms with E-state index < -0.39 is 0 Å². The van der Waals surface area contributed by atoms with Crippen LogP contribution >= 0.6 is 0 Å². The Labute approximate surface area is 293 Å². The van der Waals surface area contributed by atoms with Gasteiger partial charge in [0, 0.05) is 38.6 Å². The summed E-state index contributed by atoms with van der Waals surface area (Å²) in [4.78, 5) is 2.42. The Hall–Kier alpha value is -6.84. The highest BCUT2D eigenvalue weighted by atomic mass is 16.3. The molecule has 51 heavy (non-hydrogen) atoms. The molecule has 11 rings (SSSR count). The van der Waals surface area contributed by atoms with Crippen molar-refractivity contribution in [3.8, 4) is 5.69 Å². The van der Waals surface area contributed by atoms with E-state index in [0.29, 0.717) is 0 Å². The highest BCUT2D eigenvalue weighted by Crippen LogP contribution is 2.45. The maximum Gasteiger partial charge on any atom is 0.135 e. The van der Waals surface area contributed by atoms with E-state index in [-0.39, 0.29) is 0 Å². The van der Waals surface area contributed by atoms with E-state index in [4.69, 9.17) is 4.42 Å². The molecule has 0 spiro atoms. The molecule has 0 bridgehead atoms. The zero-order valence-corrected chi connectivity index (χ0v) is 27.6. The van der Waals surface area contributed by atoms with Crippen LogP contribution in [0.5, 0.6) is 0 Å². The standard InChI is InChI=1S/C48H30N2O/c1-2-12-33(13-3-1)49(34-24-21-32-23-26-37-36-14-5-4-11-31(36)22-27-38(37)42(32)29-34)45-19-10-17-41-39-15-6-8-18-44(39)50(48(41)45)35-25-28-47-43(30-35)40-16-7-9-20-46(40)51-47/h1-30H. The van der Waals surface area contributed by atoms with Crippen LogP contribution in [0.25, 0.3) is 81.7 Å². The quantitative estimate of drug-likeness (QED) is 0.177. The summed E-state index contributed by atoms with van der Waals surface area (Å²) in [7, 11) is 0. The van der Waals surface area contributed by atoms with E-state index in [0.717, 1.165) is 55.7 Å². The van der Waals surface area contributed by atoms with Gasteiger partial charge in [-0.05, 0) is 93.0 Å². The number of hydrogen-bond donors (Lipinski definition) is 0. The second kappa shape index (κ2) is 10.8. The molecule has 0 aliphatic rings. The van der Waals surface area contributed by atoms with E-state index in [9.17, 15) is 0 Å². The van der Waals surface area contributed by atoms with Crippen molar-refractivity contribution in [3.05, 3.63) is 182 Å². The van der Waals surface area contributed by atoms with Crippen LogP contribution in [0, 0.1) is 0 Å². The third-order valence-corrected chi connectivity index (χ3v) is 10.5. The van der Waals surface area contributed by atoms with Crippen LogP contribution in [0.1, 0.15) is 0 Å². The van der Waals surface area contributed by atoms with Gasteiger partial charge >= 0.3 is 0 Å². The minimum atomic E-state index is 0.892. The molecule has 0 aliphatic heterocycles. The molecule has 3 heteroatoms. The molecule has 238 valence electrons. The van der Waals surface area contributed by atoms with Gasteiger partial charge in [0.15, 0.2) is 0 Å². The molecular formula is C48H30N2O. The van der Waals surface area contributed by atoms with Gasteiger partial charge in [-0.25, -0.2) is 0 Å². The molecule has 0 N–H and O–H groups in total. The summed E-state index contributed by atoms with van der Waals surface area (Å²) in [5, 5.41) is 12.2. The molecule has 0 fully saturated rings. The number of fused-ring (bicyclic) bond motifs is 11. The van der Waals surface area contributed by atoms with Crippen molar-refractivity contribution in [2.45, 2.75) is 0 Å². The number of nitrogens with zero attached hydrogens (tertiary/aromatic N) is 2. The molecule has 11 aromatic rings. The Balaban J connectivity index is 1.21. The number of benzene rings is 9. The topological polar surface area (TPSA) is 21.3 Å². The van der Waals surface area contributed by atoms with Gasteiger partial charge in [0.2, 0.25) is 0 Å². The number of para-hydroxylation sites is 4. The summed E-state index contributed by atoms with van der Waals surface area (Å²) in [6.07, 6.45) is 0. The van der Waals surface area contributed by atoms with Crippen LogP contribution in [0.15, 0.2) is 186 Å². The second-order valence-electron chi connectivity index (χ2n) is 13.3. The van der Waals surface area contributed by atoms with Crippen molar-refractivity contribution < 1.29 is 4.42 Å². The lowest BCUT2D eigenvalue weighted by molar-refractivity contribution is 0.669. The van der Waals surface area contributed by atoms with Crippen LogP contribution in [0.3, 0.4) is 0 Å². The zero-order valence-electron chi connectivity index (χ0n) is 27.6. The average molecular weight is 651 g/mol. The fourth-order valence-corrected chi connectivity index (χ4v) is 8.25. The molecule has 0 aliphatic carbocycles. The van der Waals surface area contributed by atoms with Gasteiger partial charge in [0.05, 0.1) is 16.7 Å². The van der Waals surface area contributed by atoms with Crippen LogP contribution in [-0.4, -0.2) is 4.57 Å². The fourth-order valence-electron chi connectivity index (χ4n) is 8.25. The van der Waals surface area contributed by atoms with E-state index in [1.807, 2.05) is 12.1 Å². The lowest BCUT2D eigenvalue weighted by atomic mass is 9.96. The average Bonchev–Trinajstić information content (AvgIpc) is 3.74. The van der Waals surface area contributed by atoms with Crippen LogP contribution in [-0.2, 0) is 0 Å². The Bertz CT molecular complexity index is 3150. The molecule has 3 nitrogen and oxygen atoms in total. The lowest BCUT2D eigenvalue weighted by Gasteiger charge is -2.27. The van der Waals surface area contributed by atoms with Crippen LogP contribution < -0.4 is 4.90 Å². The Morgan fingerprint density at radius 3 is 1.92 bits per heavy atom. The van der Waals surface area contributed by atoms with Crippen LogP contribution in [0.4, 0.5) is 17.1 Å². The Morgan fingerprint density at radius 1 is 0.373 bits per heavy atom. The van der Waals surface area contributed by atoms with Crippen molar-refractivity contribution in [3.63, 3.8) is 0 Å². The maximum atomic E-state index is 6.25. The number of rotatable bonds is 4. The molecule has 2 aromatic heterocycles. The summed E-state index contributed by atoms with van der Waals surface area (Å²) in [6.45, 7) is 0. The highest BCUT2D eigenvalue weighted by molar-refractivity contribution is 6.19. The van der Waals surface area contributed by atoms with Gasteiger partial charge in [0.1, 0.15) is 11.2 Å². The number of hydrogen-bond acceptors (Lipinski definition) is 2. The normalized spacial score (nSPS) is 11.9. The molecular weight excluding hydrogens is 621 g/mol. The van der Waals surface area contributed by atoms with E-state index in [1.54, 1.807) is 0 Å². The zero-order chi connectivity index (χ0) is 33.5. The van der Waals surface area contributed by atoms with Gasteiger partial charge in [-0.1, -0.05) is 121 Å². The molecule has 0 saturated heterocycles. The predicted molar refractivity (Wildman–Crippen MR) is 215 cm³/mol. The van der Waals surface area contributed by atoms with E-state index in [1.165, 1.54) is 43.1 Å². The fraction of sp³-hybridized carbons (Fsp3) is 0. The largest absolute Gasteiger partial charge is 0.456 e. The lowest BCUT2D eigenvalue weighted by Crippen LogP contribution is -2.11. The molecule has 9 aromatic carbocycles. The minimum absolute atomic E-state index is 0.892. The van der Waals surface area contributed by atoms with E-state index in [2.05, 4.69) is 179 Å². The van der Waals surface area contributed by atoms with Crippen molar-refractivity contribution >= 4 is 93.1 Å². The summed E-state index contributed by atoms with van der Waals surface area (Å²) >= 11 is 0. The first-order valence-corrected chi connectivity index (χ1v) is 17.4. The Kier molecular flexibility index (Phi) is 5.96. The predicted octanol–water partition coefficient (Wildman–Crippen LogP) is 13.6. The summed E-state index contributed by atoms with van der Waals surface area (Å²) in [6, 6.07) is 65.7. The third kappa shape index (κ3) is 4.19. The maximum absolute atomic E-state index is 6.25. The molecule has 2 heterocycles. The number of furan rings is 1.